The minimum absolute atomic E-state index is 0.00758. The third kappa shape index (κ3) is 4.75. The SMILES string of the molecule is COc1ccc2c(CC(=O)OC(C)C(=O)Nc3nc(-c4ccccc4)cs3)coc2c1. The summed E-state index contributed by atoms with van der Waals surface area (Å²) in [6.07, 6.45) is 0.540. The Labute approximate surface area is 182 Å². The average Bonchev–Trinajstić information content (AvgIpc) is 3.41. The number of furan rings is 1. The Hall–Kier alpha value is -3.65. The Morgan fingerprint density at radius 3 is 2.77 bits per heavy atom. The fraction of sp³-hybridized carbons (Fsp3) is 0.174. The standard InChI is InChI=1S/C23H20N2O5S/c1-14(22(27)25-23-24-19(13-31-23)15-6-4-3-5-7-15)30-21(26)10-16-12-29-20-11-17(28-2)8-9-18(16)20/h3-9,11-14H,10H2,1-2H3,(H,24,25,27). The second-order valence-corrected chi connectivity index (χ2v) is 7.68. The number of hydrogen-bond donors (Lipinski definition) is 1. The van der Waals surface area contributed by atoms with Gasteiger partial charge in [-0.3, -0.25) is 14.9 Å². The van der Waals surface area contributed by atoms with Gasteiger partial charge in [-0.1, -0.05) is 30.3 Å². The van der Waals surface area contributed by atoms with E-state index in [0.29, 0.717) is 22.0 Å². The van der Waals surface area contributed by atoms with Crippen LogP contribution in [0.15, 0.2) is 64.6 Å². The van der Waals surface area contributed by atoms with Crippen molar-refractivity contribution in [2.45, 2.75) is 19.4 Å². The van der Waals surface area contributed by atoms with Crippen molar-refractivity contribution in [3.8, 4) is 17.0 Å². The molecule has 4 rings (SSSR count). The van der Waals surface area contributed by atoms with Crippen LogP contribution in [0, 0.1) is 0 Å². The second kappa shape index (κ2) is 9.01. The van der Waals surface area contributed by atoms with E-state index in [2.05, 4.69) is 10.3 Å². The molecule has 4 aromatic rings. The first-order chi connectivity index (χ1) is 15.0. The monoisotopic (exact) mass is 436 g/mol. The molecule has 1 amide bonds. The molecule has 1 atom stereocenters. The van der Waals surface area contributed by atoms with Crippen molar-refractivity contribution in [1.29, 1.82) is 0 Å². The van der Waals surface area contributed by atoms with Crippen LogP contribution in [0.1, 0.15) is 12.5 Å². The molecule has 0 saturated heterocycles. The van der Waals surface area contributed by atoms with Crippen molar-refractivity contribution in [3.05, 3.63) is 65.7 Å². The molecule has 0 saturated carbocycles. The summed E-state index contributed by atoms with van der Waals surface area (Å²) >= 11 is 1.31. The maximum absolute atomic E-state index is 12.4. The number of esters is 1. The molecule has 0 radical (unpaired) electrons. The summed E-state index contributed by atoms with van der Waals surface area (Å²) in [6.45, 7) is 1.53. The quantitative estimate of drug-likeness (QED) is 0.423. The van der Waals surface area contributed by atoms with Gasteiger partial charge in [0.1, 0.15) is 11.3 Å². The Kier molecular flexibility index (Phi) is 5.99. The molecule has 31 heavy (non-hydrogen) atoms. The largest absolute Gasteiger partial charge is 0.497 e. The van der Waals surface area contributed by atoms with Crippen LogP contribution in [-0.4, -0.2) is 30.1 Å². The van der Waals surface area contributed by atoms with E-state index in [1.807, 2.05) is 41.8 Å². The Morgan fingerprint density at radius 1 is 1.19 bits per heavy atom. The van der Waals surface area contributed by atoms with Crippen molar-refractivity contribution in [3.63, 3.8) is 0 Å². The smallest absolute Gasteiger partial charge is 0.311 e. The molecular weight excluding hydrogens is 416 g/mol. The van der Waals surface area contributed by atoms with Crippen molar-refractivity contribution in [2.75, 3.05) is 12.4 Å². The number of aromatic nitrogens is 1. The van der Waals surface area contributed by atoms with Crippen molar-refractivity contribution in [2.24, 2.45) is 0 Å². The molecule has 0 spiro atoms. The van der Waals surface area contributed by atoms with Crippen LogP contribution < -0.4 is 10.1 Å². The zero-order valence-corrected chi connectivity index (χ0v) is 17.8. The van der Waals surface area contributed by atoms with Gasteiger partial charge < -0.3 is 13.9 Å². The number of nitrogens with zero attached hydrogens (tertiary/aromatic N) is 1. The Balaban J connectivity index is 1.35. The van der Waals surface area contributed by atoms with E-state index in [1.165, 1.54) is 24.5 Å². The highest BCUT2D eigenvalue weighted by Gasteiger charge is 2.20. The molecule has 0 aliphatic rings. The van der Waals surface area contributed by atoms with Gasteiger partial charge in [0.25, 0.3) is 5.91 Å². The third-order valence-electron chi connectivity index (χ3n) is 4.68. The fourth-order valence-electron chi connectivity index (χ4n) is 3.05. The van der Waals surface area contributed by atoms with Crippen LogP contribution in [0.2, 0.25) is 0 Å². The van der Waals surface area contributed by atoms with Crippen molar-refractivity contribution in [1.82, 2.24) is 4.98 Å². The molecule has 2 heterocycles. The molecular formula is C23H20N2O5S. The summed E-state index contributed by atoms with van der Waals surface area (Å²) in [7, 11) is 1.57. The number of thiazole rings is 1. The van der Waals surface area contributed by atoms with Crippen LogP contribution >= 0.6 is 11.3 Å². The Morgan fingerprint density at radius 2 is 2.00 bits per heavy atom. The zero-order valence-electron chi connectivity index (χ0n) is 17.0. The molecule has 0 fully saturated rings. The maximum atomic E-state index is 12.4. The summed E-state index contributed by atoms with van der Waals surface area (Å²) in [4.78, 5) is 29.2. The van der Waals surface area contributed by atoms with Gasteiger partial charge in [-0.05, 0) is 19.1 Å². The number of ether oxygens (including phenoxy) is 2. The van der Waals surface area contributed by atoms with Crippen LogP contribution in [0.3, 0.4) is 0 Å². The van der Waals surface area contributed by atoms with Crippen LogP contribution in [0.5, 0.6) is 5.75 Å². The number of carbonyl (C=O) groups is 2. The molecule has 2 aromatic heterocycles. The number of carbonyl (C=O) groups excluding carboxylic acids is 2. The first kappa shape index (κ1) is 20.6. The minimum atomic E-state index is -0.963. The first-order valence-corrected chi connectivity index (χ1v) is 10.5. The van der Waals surface area contributed by atoms with Crippen LogP contribution in [0.4, 0.5) is 5.13 Å². The molecule has 0 aliphatic carbocycles. The molecule has 8 heteroatoms. The predicted molar refractivity (Wildman–Crippen MR) is 118 cm³/mol. The zero-order chi connectivity index (χ0) is 21.8. The summed E-state index contributed by atoms with van der Waals surface area (Å²) in [5.41, 5.74) is 3.03. The van der Waals surface area contributed by atoms with Gasteiger partial charge in [0.15, 0.2) is 11.2 Å². The van der Waals surface area contributed by atoms with E-state index < -0.39 is 18.0 Å². The number of hydrogen-bond acceptors (Lipinski definition) is 7. The van der Waals surface area contributed by atoms with Gasteiger partial charge >= 0.3 is 5.97 Å². The lowest BCUT2D eigenvalue weighted by Crippen LogP contribution is -2.30. The van der Waals surface area contributed by atoms with E-state index in [9.17, 15) is 9.59 Å². The van der Waals surface area contributed by atoms with Crippen molar-refractivity contribution >= 4 is 39.3 Å². The van der Waals surface area contributed by atoms with Crippen LogP contribution in [-0.2, 0) is 20.7 Å². The lowest BCUT2D eigenvalue weighted by Gasteiger charge is -2.12. The highest BCUT2D eigenvalue weighted by Crippen LogP contribution is 2.27. The van der Waals surface area contributed by atoms with E-state index in [4.69, 9.17) is 13.9 Å². The number of nitrogens with one attached hydrogen (secondary N) is 1. The lowest BCUT2D eigenvalue weighted by molar-refractivity contribution is -0.152. The van der Waals surface area contributed by atoms with E-state index >= 15 is 0 Å². The number of rotatable bonds is 7. The summed E-state index contributed by atoms with van der Waals surface area (Å²) < 4.78 is 16.0. The topological polar surface area (TPSA) is 90.7 Å². The summed E-state index contributed by atoms with van der Waals surface area (Å²) in [6, 6.07) is 15.0. The van der Waals surface area contributed by atoms with E-state index in [1.54, 1.807) is 19.2 Å². The minimum Gasteiger partial charge on any atom is -0.497 e. The van der Waals surface area contributed by atoms with E-state index in [0.717, 1.165) is 16.6 Å². The number of anilines is 1. The van der Waals surface area contributed by atoms with Gasteiger partial charge in [-0.15, -0.1) is 11.3 Å². The molecule has 7 nitrogen and oxygen atoms in total. The lowest BCUT2D eigenvalue weighted by atomic mass is 10.1. The highest BCUT2D eigenvalue weighted by atomic mass is 32.1. The number of methoxy groups -OCH3 is 1. The highest BCUT2D eigenvalue weighted by molar-refractivity contribution is 7.14. The van der Waals surface area contributed by atoms with Gasteiger partial charge in [0.05, 0.1) is 25.5 Å². The molecule has 158 valence electrons. The Bertz CT molecular complexity index is 1220. The maximum Gasteiger partial charge on any atom is 0.311 e. The fourth-order valence-corrected chi connectivity index (χ4v) is 3.78. The van der Waals surface area contributed by atoms with Gasteiger partial charge in [-0.25, -0.2) is 4.98 Å². The average molecular weight is 436 g/mol. The predicted octanol–water partition coefficient (Wildman–Crippen LogP) is 4.68. The number of amides is 1. The number of fused-ring (bicyclic) bond motifs is 1. The molecule has 2 aromatic carbocycles. The molecule has 1 N–H and O–H groups in total. The summed E-state index contributed by atoms with van der Waals surface area (Å²) in [5.74, 6) is -0.298. The molecule has 0 bridgehead atoms. The second-order valence-electron chi connectivity index (χ2n) is 6.83. The number of benzene rings is 2. The van der Waals surface area contributed by atoms with E-state index in [-0.39, 0.29) is 6.42 Å². The van der Waals surface area contributed by atoms with Gasteiger partial charge in [-0.2, -0.15) is 0 Å². The normalized spacial score (nSPS) is 11.8. The molecule has 0 aliphatic heterocycles. The van der Waals surface area contributed by atoms with Gasteiger partial charge in [0.2, 0.25) is 0 Å². The van der Waals surface area contributed by atoms with Crippen molar-refractivity contribution < 1.29 is 23.5 Å². The molecule has 1 unspecified atom stereocenters. The van der Waals surface area contributed by atoms with Gasteiger partial charge in [0, 0.05) is 28.0 Å². The summed E-state index contributed by atoms with van der Waals surface area (Å²) in [5, 5.41) is 5.80. The third-order valence-corrected chi connectivity index (χ3v) is 5.44. The van der Waals surface area contributed by atoms with Crippen LogP contribution in [0.25, 0.3) is 22.2 Å². The first-order valence-electron chi connectivity index (χ1n) is 9.59.